The first-order valence-corrected chi connectivity index (χ1v) is 47.9. The third-order valence-corrected chi connectivity index (χ3v) is 25.0. The van der Waals surface area contributed by atoms with E-state index in [9.17, 15) is 49.5 Å². The number of amides is 5. The highest BCUT2D eigenvalue weighted by molar-refractivity contribution is 7.15. The maximum atomic E-state index is 12.7. The standard InChI is InChI=1S/C21H22N4O3S.C21H24N4O2S.C20H22N4O2S.C19H20N4O2S.C18H18N4O2S/c1-14(26)15-3-2-4-17(11-15)23-21-22-6-5-18(24-21)19-12-16(13-29-19)20(27)25-7-9-28-10-8-25;1-4-25(5-2)20(27)16-12-19(28-13-16)18-9-10-22-21(24-18)23-17-8-6-7-15(11-17)14(3)26;1-12(2)22-19(26)15-10-18(27-11-15)17-7-8-21-20(24-17)23-16-6-4-5-14(9-16)13(3)25;1-3-20-18(25)14-10-17(26-11-14)16-7-8-21-19(23-16)22-15-6-4-5-13(9-15)12(2)24;1-11(23)12-4-3-5-14(8-12)21-18-20-7-6-15(22-18)16-9-13(10-25-16)17(24)19-2/h2-6,11-14,26H,7-10H2,1H3,(H,22,23,24);6-14,26H,4-5H2,1-3H3,(H,22,23,24);4-13,25H,1-3H3,(H,22,26)(H,21,23,24);4-12,24H,3H2,1-2H3,(H,20,25)(H,21,22,23);3-11,23H,1-2H3,(H,19,24)(H,20,21,22). The first-order valence-electron chi connectivity index (χ1n) is 43.5. The van der Waals surface area contributed by atoms with Gasteiger partial charge in [-0.3, -0.25) is 24.0 Å². The molecule has 5 aromatic carbocycles. The third kappa shape index (κ3) is 29.1. The van der Waals surface area contributed by atoms with Crippen molar-refractivity contribution in [1.82, 2.24) is 75.6 Å². The van der Waals surface area contributed by atoms with Crippen LogP contribution in [0.3, 0.4) is 0 Å². The normalized spacial score (nSPS) is 12.6. The number of ether oxygens (including phenoxy) is 1. The first kappa shape index (κ1) is 100. The maximum absolute atomic E-state index is 12.7. The molecule has 1 fully saturated rings. The van der Waals surface area contributed by atoms with Crippen LogP contribution in [-0.4, -0.2) is 174 Å². The van der Waals surface area contributed by atoms with E-state index in [0.717, 1.165) is 109 Å². The number of aliphatic hydroxyl groups excluding tert-OH is 5. The van der Waals surface area contributed by atoms with Crippen LogP contribution in [0.5, 0.6) is 0 Å². The average molecular weight is 1910 g/mol. The summed E-state index contributed by atoms with van der Waals surface area (Å²) in [5.74, 6) is 2.06. The fourth-order valence-electron chi connectivity index (χ4n) is 13.1. The quantitative estimate of drug-likeness (QED) is 0.0207. The molecule has 15 aromatic rings. The van der Waals surface area contributed by atoms with E-state index in [1.54, 1.807) is 89.0 Å². The lowest BCUT2D eigenvalue weighted by Crippen LogP contribution is -2.40. The highest BCUT2D eigenvalue weighted by Gasteiger charge is 2.23. The summed E-state index contributed by atoms with van der Waals surface area (Å²) < 4.78 is 5.31. The molecule has 13 N–H and O–H groups in total. The topological polar surface area (TPSA) is 427 Å². The molecule has 1 aliphatic heterocycles. The second kappa shape index (κ2) is 49.2. The molecule has 5 unspecified atom stereocenters. The molecule has 5 atom stereocenters. The zero-order valence-electron chi connectivity index (χ0n) is 76.1. The van der Waals surface area contributed by atoms with E-state index >= 15 is 0 Å². The van der Waals surface area contributed by atoms with E-state index in [1.165, 1.54) is 56.7 Å². The second-order valence-corrected chi connectivity index (χ2v) is 35.5. The highest BCUT2D eigenvalue weighted by Crippen LogP contribution is 2.35. The van der Waals surface area contributed by atoms with Gasteiger partial charge in [0.1, 0.15) is 0 Å². The molecule has 0 aliphatic carbocycles. The van der Waals surface area contributed by atoms with Gasteiger partial charge in [-0.1, -0.05) is 60.7 Å². The summed E-state index contributed by atoms with van der Waals surface area (Å²) in [5.41, 5.74) is 15.0. The summed E-state index contributed by atoms with van der Waals surface area (Å²) in [6, 6.07) is 55.8. The minimum Gasteiger partial charge on any atom is -0.389 e. The zero-order valence-corrected chi connectivity index (χ0v) is 80.2. The number of aliphatic hydroxyl groups is 5. The molecule has 31 nitrogen and oxygen atoms in total. The molecule has 5 amide bonds. The van der Waals surface area contributed by atoms with Crippen LogP contribution in [0.15, 0.2) is 240 Å². The van der Waals surface area contributed by atoms with Crippen LogP contribution in [0.4, 0.5) is 58.2 Å². The number of hydrogen-bond donors (Lipinski definition) is 13. The SMILES string of the molecule is CC(C)NC(=O)c1csc(-c2ccnc(Nc3cccc(C(C)O)c3)n2)c1.CC(O)c1cccc(Nc2nccc(-c3cc(C(=O)N4CCOCC4)cs3)n2)c1.CCN(CC)C(=O)c1csc(-c2ccnc(Nc3cccc(C(C)O)c3)n2)c1.CCNC(=O)c1csc(-c2ccnc(Nc3cccc(C(C)O)c3)n2)c1.CNC(=O)c1csc(-c2ccnc(Nc3cccc(C(C)O)c3)n2)c1. The van der Waals surface area contributed by atoms with E-state index in [1.807, 2.05) is 237 Å². The molecule has 0 saturated carbocycles. The molecule has 135 heavy (non-hydrogen) atoms. The minimum atomic E-state index is -0.544. The van der Waals surface area contributed by atoms with Gasteiger partial charge in [0.2, 0.25) is 29.7 Å². The number of carbonyl (C=O) groups excluding carboxylic acids is 5. The third-order valence-electron chi connectivity index (χ3n) is 20.3. The minimum absolute atomic E-state index is 0.0261. The lowest BCUT2D eigenvalue weighted by Gasteiger charge is -2.26. The number of carbonyl (C=O) groups is 5. The maximum Gasteiger partial charge on any atom is 0.254 e. The molecule has 698 valence electrons. The van der Waals surface area contributed by atoms with Crippen molar-refractivity contribution in [2.24, 2.45) is 0 Å². The van der Waals surface area contributed by atoms with Gasteiger partial charge in [0.05, 0.1) is 124 Å². The Morgan fingerprint density at radius 2 is 0.644 bits per heavy atom. The molecule has 0 spiro atoms. The van der Waals surface area contributed by atoms with Crippen molar-refractivity contribution in [3.05, 3.63) is 296 Å². The summed E-state index contributed by atoms with van der Waals surface area (Å²) in [5, 5.41) is 81.9. The van der Waals surface area contributed by atoms with Crippen LogP contribution in [0.2, 0.25) is 0 Å². The fourth-order valence-corrected chi connectivity index (χ4v) is 17.4. The smallest absolute Gasteiger partial charge is 0.254 e. The predicted molar refractivity (Wildman–Crippen MR) is 536 cm³/mol. The van der Waals surface area contributed by atoms with Gasteiger partial charge in [0, 0.05) is 132 Å². The van der Waals surface area contributed by atoms with Gasteiger partial charge < -0.3 is 82.6 Å². The van der Waals surface area contributed by atoms with Crippen LogP contribution in [0.25, 0.3) is 52.9 Å². The van der Waals surface area contributed by atoms with Gasteiger partial charge in [-0.2, -0.15) is 0 Å². The van der Waals surface area contributed by atoms with Gasteiger partial charge in [-0.25, -0.2) is 49.8 Å². The van der Waals surface area contributed by atoms with Crippen LogP contribution in [-0.2, 0) is 4.74 Å². The molecular formula is C99H106N20O11S5. The van der Waals surface area contributed by atoms with Gasteiger partial charge in [-0.15, -0.1) is 56.7 Å². The Bertz CT molecular complexity index is 6470. The van der Waals surface area contributed by atoms with E-state index in [-0.39, 0.29) is 35.6 Å². The molecule has 0 radical (unpaired) electrons. The van der Waals surface area contributed by atoms with Crippen molar-refractivity contribution >= 4 is 144 Å². The number of aromatic nitrogens is 10. The van der Waals surface area contributed by atoms with Crippen LogP contribution >= 0.6 is 56.7 Å². The average Bonchev–Trinajstić information content (AvgIpc) is 1.77. The van der Waals surface area contributed by atoms with Crippen molar-refractivity contribution in [1.29, 1.82) is 0 Å². The van der Waals surface area contributed by atoms with Crippen molar-refractivity contribution in [2.75, 3.05) is 79.6 Å². The Morgan fingerprint density at radius 1 is 0.370 bits per heavy atom. The Hall–Kier alpha value is -13.9. The van der Waals surface area contributed by atoms with Crippen LogP contribution in [0, 0.1) is 0 Å². The number of thiophene rings is 5. The number of rotatable bonds is 29. The summed E-state index contributed by atoms with van der Waals surface area (Å²) in [4.78, 5) is 113. The number of nitrogens with one attached hydrogen (secondary N) is 8. The van der Waals surface area contributed by atoms with E-state index in [4.69, 9.17) is 4.74 Å². The Morgan fingerprint density at radius 3 is 0.926 bits per heavy atom. The van der Waals surface area contributed by atoms with Crippen molar-refractivity contribution in [2.45, 2.75) is 106 Å². The summed E-state index contributed by atoms with van der Waals surface area (Å²) >= 11 is 7.37. The molecule has 36 heteroatoms. The summed E-state index contributed by atoms with van der Waals surface area (Å²) in [6.45, 7) is 22.7. The van der Waals surface area contributed by atoms with Crippen LogP contribution in [0.1, 0.15) is 179 Å². The molecular weight excluding hydrogens is 1810 g/mol. The number of morpholine rings is 1. The molecule has 1 aliphatic rings. The van der Waals surface area contributed by atoms with Gasteiger partial charge in [0.25, 0.3) is 29.5 Å². The van der Waals surface area contributed by atoms with Gasteiger partial charge in [-0.05, 0) is 218 Å². The largest absolute Gasteiger partial charge is 0.389 e. The van der Waals surface area contributed by atoms with Gasteiger partial charge >= 0.3 is 0 Å². The number of benzene rings is 5. The first-order chi connectivity index (χ1) is 65.2. The Kier molecular flexibility index (Phi) is 36.5. The zero-order chi connectivity index (χ0) is 96.0. The Labute approximate surface area is 802 Å². The van der Waals surface area contributed by atoms with Crippen LogP contribution < -0.4 is 42.5 Å². The van der Waals surface area contributed by atoms with Crippen molar-refractivity contribution in [3.8, 4) is 52.9 Å². The molecule has 11 heterocycles. The molecule has 0 bridgehead atoms. The van der Waals surface area contributed by atoms with E-state index in [0.29, 0.717) is 103 Å². The number of anilines is 10. The second-order valence-electron chi connectivity index (χ2n) is 30.9. The van der Waals surface area contributed by atoms with E-state index < -0.39 is 30.5 Å². The monoisotopic (exact) mass is 1910 g/mol. The lowest BCUT2D eigenvalue weighted by molar-refractivity contribution is 0.0303. The molecule has 10 aromatic heterocycles. The predicted octanol–water partition coefficient (Wildman–Crippen LogP) is 19.2. The molecule has 1 saturated heterocycles. The number of hydrogen-bond acceptors (Lipinski definition) is 31. The van der Waals surface area contributed by atoms with E-state index in [2.05, 4.69) is 92.4 Å². The van der Waals surface area contributed by atoms with Gasteiger partial charge in [0.15, 0.2) is 0 Å². The fraction of sp³-hybridized carbons (Fsp3) is 0.242. The summed E-state index contributed by atoms with van der Waals surface area (Å²) in [6.07, 6.45) is 5.70. The lowest BCUT2D eigenvalue weighted by atomic mass is 10.1. The Balaban J connectivity index is 0.000000152. The van der Waals surface area contributed by atoms with Crippen molar-refractivity contribution in [3.63, 3.8) is 0 Å². The van der Waals surface area contributed by atoms with Crippen molar-refractivity contribution < 1.29 is 54.2 Å². The molecule has 16 rings (SSSR count). The number of nitrogens with zero attached hydrogens (tertiary/aromatic N) is 12. The summed E-state index contributed by atoms with van der Waals surface area (Å²) in [7, 11) is 1.60. The highest BCUT2D eigenvalue weighted by atomic mass is 32.1.